The van der Waals surface area contributed by atoms with Gasteiger partial charge in [0.1, 0.15) is 35.3 Å². The molecule has 0 aliphatic carbocycles. The van der Waals surface area contributed by atoms with Crippen molar-refractivity contribution in [3.63, 3.8) is 0 Å². The minimum absolute atomic E-state index is 0.0725. The Hall–Kier alpha value is -5.50. The summed E-state index contributed by atoms with van der Waals surface area (Å²) in [6.07, 6.45) is 4.67. The van der Waals surface area contributed by atoms with Gasteiger partial charge >= 0.3 is 0 Å². The van der Waals surface area contributed by atoms with Crippen molar-refractivity contribution in [3.05, 3.63) is 102 Å². The van der Waals surface area contributed by atoms with E-state index < -0.39 is 18.0 Å². The number of ether oxygens (including phenoxy) is 2. The molecule has 2 amide bonds. The van der Waals surface area contributed by atoms with E-state index in [0.29, 0.717) is 53.3 Å². The summed E-state index contributed by atoms with van der Waals surface area (Å²) in [6, 6.07) is 18.1. The lowest BCUT2D eigenvalue weighted by Gasteiger charge is -2.39. The maximum absolute atomic E-state index is 14.6. The minimum atomic E-state index is -0.552. The first-order valence-corrected chi connectivity index (χ1v) is 13.8. The summed E-state index contributed by atoms with van der Waals surface area (Å²) in [5.41, 5.74) is 2.71. The van der Waals surface area contributed by atoms with E-state index in [4.69, 9.17) is 9.47 Å². The van der Waals surface area contributed by atoms with Gasteiger partial charge in [-0.1, -0.05) is 12.1 Å². The van der Waals surface area contributed by atoms with E-state index in [-0.39, 0.29) is 30.7 Å². The highest BCUT2D eigenvalue weighted by atomic mass is 19.1. The molecule has 43 heavy (non-hydrogen) atoms. The van der Waals surface area contributed by atoms with Gasteiger partial charge in [0.05, 0.1) is 17.2 Å². The van der Waals surface area contributed by atoms with Gasteiger partial charge in [-0.25, -0.2) is 9.37 Å². The number of benzene rings is 2. The lowest BCUT2D eigenvalue weighted by Crippen LogP contribution is -2.57. The molecule has 6 bridgehead atoms. The average molecular weight is 579 g/mol. The van der Waals surface area contributed by atoms with Crippen LogP contribution in [0.5, 0.6) is 11.5 Å². The number of piperidine rings is 1. The van der Waals surface area contributed by atoms with Crippen molar-refractivity contribution in [3.8, 4) is 28.7 Å². The number of hydrogen-bond acceptors (Lipinski definition) is 8. The van der Waals surface area contributed by atoms with Crippen LogP contribution in [0.25, 0.3) is 11.1 Å². The Bertz CT molecular complexity index is 1720. The van der Waals surface area contributed by atoms with Crippen molar-refractivity contribution in [1.82, 2.24) is 20.6 Å². The number of carbonyl (C=O) groups excluding carboxylic acids is 2. The summed E-state index contributed by atoms with van der Waals surface area (Å²) in [7, 11) is 0. The molecule has 6 rings (SSSR count). The third-order valence-electron chi connectivity index (χ3n) is 7.32. The van der Waals surface area contributed by atoms with Crippen LogP contribution in [0.4, 0.5) is 10.2 Å². The first-order chi connectivity index (χ1) is 20.9. The SMILES string of the molecule is N#Cc1cccnc1N1CC[C@@H]2Oc3cc(F)cc(c3)CNC(=O)COc3cccc(c3)-c3cncc(c3)C(=O)N[C@@H]2C1. The second kappa shape index (κ2) is 12.2. The highest BCUT2D eigenvalue weighted by Gasteiger charge is 2.34. The number of anilines is 1. The van der Waals surface area contributed by atoms with Gasteiger partial charge in [-0.05, 0) is 53.6 Å². The molecule has 0 saturated carbocycles. The Morgan fingerprint density at radius 3 is 2.77 bits per heavy atom. The molecule has 1 saturated heterocycles. The number of nitriles is 1. The number of aromatic nitrogens is 2. The molecule has 10 nitrogen and oxygen atoms in total. The number of rotatable bonds is 1. The quantitative estimate of drug-likeness (QED) is 0.351. The van der Waals surface area contributed by atoms with Gasteiger partial charge in [0.15, 0.2) is 6.61 Å². The summed E-state index contributed by atoms with van der Waals surface area (Å²) in [4.78, 5) is 36.8. The Balaban J connectivity index is 1.36. The molecule has 2 aromatic carbocycles. The van der Waals surface area contributed by atoms with Gasteiger partial charge in [-0.3, -0.25) is 14.6 Å². The standard InChI is InChI=1S/C32H27FN6O4/c33-25-9-20-10-27(13-25)43-29-6-8-39(31-22(14-34)4-2-7-36-31)18-28(29)38-32(41)24-11-23(16-35-17-24)21-3-1-5-26(12-21)42-19-30(40)37-15-20/h1-5,7,9-13,16-17,28-29H,6,8,15,18-19H2,(H,37,40)(H,38,41)/t28-,29+/m1/s1. The second-order valence-electron chi connectivity index (χ2n) is 10.3. The fourth-order valence-corrected chi connectivity index (χ4v) is 5.24. The predicted octanol–water partition coefficient (Wildman–Crippen LogP) is 3.62. The van der Waals surface area contributed by atoms with E-state index >= 15 is 0 Å². The molecule has 2 aliphatic heterocycles. The van der Waals surface area contributed by atoms with Crippen LogP contribution in [-0.4, -0.2) is 53.6 Å². The molecule has 2 aliphatic rings. The molecule has 2 atom stereocenters. The van der Waals surface area contributed by atoms with E-state index in [9.17, 15) is 19.2 Å². The number of amides is 2. The van der Waals surface area contributed by atoms with Crippen LogP contribution in [-0.2, 0) is 11.3 Å². The highest BCUT2D eigenvalue weighted by Crippen LogP contribution is 2.27. The molecule has 2 N–H and O–H groups in total. The number of fused-ring (bicyclic) bond motifs is 8. The Labute approximate surface area is 247 Å². The Kier molecular flexibility index (Phi) is 7.82. The van der Waals surface area contributed by atoms with Crippen molar-refractivity contribution in [1.29, 1.82) is 5.26 Å². The van der Waals surface area contributed by atoms with Gasteiger partial charge in [0.25, 0.3) is 11.8 Å². The molecular formula is C32H27FN6O4. The smallest absolute Gasteiger partial charge is 0.258 e. The van der Waals surface area contributed by atoms with E-state index in [1.54, 1.807) is 54.9 Å². The summed E-state index contributed by atoms with van der Waals surface area (Å²) in [6.45, 7) is 0.636. The molecule has 0 spiro atoms. The lowest BCUT2D eigenvalue weighted by atomic mass is 10.00. The number of halogens is 1. The topological polar surface area (TPSA) is 129 Å². The highest BCUT2D eigenvalue weighted by molar-refractivity contribution is 5.95. The van der Waals surface area contributed by atoms with Crippen molar-refractivity contribution in [2.45, 2.75) is 25.1 Å². The number of carbonyl (C=O) groups is 2. The van der Waals surface area contributed by atoms with E-state index in [1.807, 2.05) is 11.0 Å². The Morgan fingerprint density at radius 2 is 1.88 bits per heavy atom. The molecule has 1 fully saturated rings. The Morgan fingerprint density at radius 1 is 1.00 bits per heavy atom. The van der Waals surface area contributed by atoms with Gasteiger partial charge in [-0.15, -0.1) is 0 Å². The van der Waals surface area contributed by atoms with Crippen LogP contribution in [0.3, 0.4) is 0 Å². The number of hydrogen-bond donors (Lipinski definition) is 2. The molecule has 4 aromatic rings. The zero-order valence-electron chi connectivity index (χ0n) is 23.0. The first-order valence-electron chi connectivity index (χ1n) is 13.8. The average Bonchev–Trinajstić information content (AvgIpc) is 3.03. The van der Waals surface area contributed by atoms with Crippen LogP contribution in [0, 0.1) is 17.1 Å². The largest absolute Gasteiger partial charge is 0.488 e. The normalized spacial score (nSPS) is 18.7. The van der Waals surface area contributed by atoms with E-state index in [0.717, 1.165) is 5.56 Å². The van der Waals surface area contributed by atoms with Crippen LogP contribution in [0.1, 0.15) is 27.9 Å². The van der Waals surface area contributed by atoms with Crippen molar-refractivity contribution >= 4 is 17.6 Å². The monoisotopic (exact) mass is 578 g/mol. The summed E-state index contributed by atoms with van der Waals surface area (Å²) in [5.74, 6) is 0.00438. The molecule has 216 valence electrons. The maximum atomic E-state index is 14.6. The van der Waals surface area contributed by atoms with E-state index in [1.165, 1.54) is 18.3 Å². The van der Waals surface area contributed by atoms with Gasteiger partial charge in [0, 0.05) is 56.3 Å². The minimum Gasteiger partial charge on any atom is -0.488 e. The summed E-state index contributed by atoms with van der Waals surface area (Å²) in [5, 5.41) is 15.5. The molecule has 2 aromatic heterocycles. The van der Waals surface area contributed by atoms with Crippen molar-refractivity contribution < 1.29 is 23.5 Å². The molecule has 11 heteroatoms. The third kappa shape index (κ3) is 6.38. The zero-order chi connectivity index (χ0) is 29.8. The van der Waals surface area contributed by atoms with Crippen LogP contribution >= 0.6 is 0 Å². The fourth-order valence-electron chi connectivity index (χ4n) is 5.24. The van der Waals surface area contributed by atoms with Crippen LogP contribution in [0.15, 0.2) is 79.3 Å². The fraction of sp³-hybridized carbons (Fsp3) is 0.219. The predicted molar refractivity (Wildman–Crippen MR) is 155 cm³/mol. The molecule has 4 heterocycles. The maximum Gasteiger partial charge on any atom is 0.258 e. The van der Waals surface area contributed by atoms with Crippen LogP contribution < -0.4 is 25.0 Å². The zero-order valence-corrected chi connectivity index (χ0v) is 23.0. The van der Waals surface area contributed by atoms with Crippen molar-refractivity contribution in [2.75, 3.05) is 24.6 Å². The second-order valence-corrected chi connectivity index (χ2v) is 10.3. The lowest BCUT2D eigenvalue weighted by molar-refractivity contribution is -0.123. The molecule has 0 radical (unpaired) electrons. The van der Waals surface area contributed by atoms with Gasteiger partial charge in [-0.2, -0.15) is 5.26 Å². The molecular weight excluding hydrogens is 551 g/mol. The number of nitrogens with zero attached hydrogens (tertiary/aromatic N) is 4. The summed E-state index contributed by atoms with van der Waals surface area (Å²) >= 11 is 0. The number of pyridine rings is 2. The van der Waals surface area contributed by atoms with Gasteiger partial charge in [0.2, 0.25) is 0 Å². The van der Waals surface area contributed by atoms with Crippen molar-refractivity contribution in [2.24, 2.45) is 0 Å². The molecule has 0 unspecified atom stereocenters. The summed E-state index contributed by atoms with van der Waals surface area (Å²) < 4.78 is 26.6. The van der Waals surface area contributed by atoms with Crippen LogP contribution in [0.2, 0.25) is 0 Å². The van der Waals surface area contributed by atoms with Gasteiger partial charge < -0.3 is 25.0 Å². The van der Waals surface area contributed by atoms with E-state index in [2.05, 4.69) is 26.7 Å². The first kappa shape index (κ1) is 27.7. The number of nitrogens with one attached hydrogen (secondary N) is 2. The third-order valence-corrected chi connectivity index (χ3v) is 7.32.